The van der Waals surface area contributed by atoms with Crippen LogP contribution in [0.5, 0.6) is 0 Å². The average molecular weight is 345 g/mol. The molecule has 1 unspecified atom stereocenters. The summed E-state index contributed by atoms with van der Waals surface area (Å²) in [6.45, 7) is 4.84. The molecule has 4 nitrogen and oxygen atoms in total. The second-order valence-electron chi connectivity index (χ2n) is 6.88. The summed E-state index contributed by atoms with van der Waals surface area (Å²) in [5, 5.41) is 0. The molecule has 0 bridgehead atoms. The van der Waals surface area contributed by atoms with E-state index in [1.165, 1.54) is 5.56 Å². The third-order valence-electron chi connectivity index (χ3n) is 5.24. The Morgan fingerprint density at radius 3 is 2.58 bits per heavy atom. The lowest BCUT2D eigenvalue weighted by Crippen LogP contribution is -2.30. The Kier molecular flexibility index (Phi) is 4.33. The van der Waals surface area contributed by atoms with E-state index < -0.39 is 0 Å². The van der Waals surface area contributed by atoms with Crippen molar-refractivity contribution in [1.29, 1.82) is 0 Å². The number of hydrogen-bond donors (Lipinski definition) is 0. The molecule has 3 aromatic rings. The fourth-order valence-electron chi connectivity index (χ4n) is 4.00. The van der Waals surface area contributed by atoms with E-state index >= 15 is 0 Å². The maximum absolute atomic E-state index is 13.3. The van der Waals surface area contributed by atoms with Gasteiger partial charge in [0, 0.05) is 24.1 Å². The van der Waals surface area contributed by atoms with E-state index in [4.69, 9.17) is 0 Å². The quantitative estimate of drug-likeness (QED) is 0.702. The molecule has 1 aliphatic heterocycles. The summed E-state index contributed by atoms with van der Waals surface area (Å²) in [4.78, 5) is 19.8. The number of carbonyl (C=O) groups is 1. The van der Waals surface area contributed by atoms with Crippen molar-refractivity contribution in [2.24, 2.45) is 0 Å². The standard InChI is InChI=1S/C22H23N3O/c1-16-15-19(17(2)25(16)21-12-6-7-13-23-21)22(26)24-14-8-11-20(24)18-9-4-3-5-10-18/h3-7,9-10,12-13,15,20H,8,11,14H2,1-2H3. The fourth-order valence-corrected chi connectivity index (χ4v) is 4.00. The summed E-state index contributed by atoms with van der Waals surface area (Å²) < 4.78 is 2.06. The lowest BCUT2D eigenvalue weighted by Gasteiger charge is -2.25. The summed E-state index contributed by atoms with van der Waals surface area (Å²) in [6.07, 6.45) is 3.85. The van der Waals surface area contributed by atoms with Crippen LogP contribution < -0.4 is 0 Å². The van der Waals surface area contributed by atoms with Crippen molar-refractivity contribution in [2.45, 2.75) is 32.7 Å². The molecule has 0 saturated carbocycles. The number of likely N-dealkylation sites (tertiary alicyclic amines) is 1. The minimum absolute atomic E-state index is 0.117. The highest BCUT2D eigenvalue weighted by Gasteiger charge is 2.32. The molecule has 2 aromatic heterocycles. The molecule has 0 aliphatic carbocycles. The van der Waals surface area contributed by atoms with Crippen LogP contribution in [0.1, 0.15) is 46.2 Å². The van der Waals surface area contributed by atoms with Crippen molar-refractivity contribution < 1.29 is 4.79 Å². The molecule has 4 heteroatoms. The number of pyridine rings is 1. The van der Waals surface area contributed by atoms with Crippen LogP contribution in [0.25, 0.3) is 5.82 Å². The largest absolute Gasteiger partial charge is 0.332 e. The van der Waals surface area contributed by atoms with Gasteiger partial charge in [0.2, 0.25) is 0 Å². The van der Waals surface area contributed by atoms with Gasteiger partial charge in [-0.15, -0.1) is 0 Å². The van der Waals surface area contributed by atoms with E-state index in [0.29, 0.717) is 0 Å². The number of rotatable bonds is 3. The average Bonchev–Trinajstić information content (AvgIpc) is 3.27. The van der Waals surface area contributed by atoms with Crippen LogP contribution in [0.3, 0.4) is 0 Å². The molecule has 1 atom stereocenters. The second-order valence-corrected chi connectivity index (χ2v) is 6.88. The molecular formula is C22H23N3O. The zero-order chi connectivity index (χ0) is 18.1. The van der Waals surface area contributed by atoms with E-state index in [-0.39, 0.29) is 11.9 Å². The van der Waals surface area contributed by atoms with Gasteiger partial charge in [0.15, 0.2) is 0 Å². The van der Waals surface area contributed by atoms with Crippen LogP contribution >= 0.6 is 0 Å². The molecule has 1 saturated heterocycles. The Morgan fingerprint density at radius 2 is 1.85 bits per heavy atom. The van der Waals surface area contributed by atoms with Gasteiger partial charge in [0.1, 0.15) is 5.82 Å². The van der Waals surface area contributed by atoms with E-state index in [1.807, 2.05) is 61.2 Å². The lowest BCUT2D eigenvalue weighted by atomic mass is 10.0. The molecule has 1 amide bonds. The first kappa shape index (κ1) is 16.6. The van der Waals surface area contributed by atoms with Gasteiger partial charge in [0.05, 0.1) is 11.6 Å². The van der Waals surface area contributed by atoms with Crippen LogP contribution in [0.2, 0.25) is 0 Å². The monoisotopic (exact) mass is 345 g/mol. The lowest BCUT2D eigenvalue weighted by molar-refractivity contribution is 0.0735. The van der Waals surface area contributed by atoms with E-state index in [0.717, 1.165) is 42.2 Å². The molecule has 1 aliphatic rings. The Labute approximate surface area is 154 Å². The third-order valence-corrected chi connectivity index (χ3v) is 5.24. The van der Waals surface area contributed by atoms with Crippen molar-refractivity contribution in [3.63, 3.8) is 0 Å². The maximum atomic E-state index is 13.3. The second kappa shape index (κ2) is 6.79. The van der Waals surface area contributed by atoms with Gasteiger partial charge in [-0.2, -0.15) is 0 Å². The number of benzene rings is 1. The van der Waals surface area contributed by atoms with Gasteiger partial charge in [0.25, 0.3) is 5.91 Å². The third kappa shape index (κ3) is 2.81. The van der Waals surface area contributed by atoms with Gasteiger partial charge in [-0.3, -0.25) is 4.79 Å². The van der Waals surface area contributed by atoms with Crippen LogP contribution in [-0.2, 0) is 0 Å². The van der Waals surface area contributed by atoms with Crippen LogP contribution in [0.15, 0.2) is 60.8 Å². The summed E-state index contributed by atoms with van der Waals surface area (Å²) in [5.74, 6) is 0.967. The maximum Gasteiger partial charge on any atom is 0.256 e. The number of aromatic nitrogens is 2. The molecule has 132 valence electrons. The van der Waals surface area contributed by atoms with Crippen molar-refractivity contribution in [3.8, 4) is 5.82 Å². The molecular weight excluding hydrogens is 322 g/mol. The van der Waals surface area contributed by atoms with Crippen LogP contribution in [-0.4, -0.2) is 26.9 Å². The normalized spacial score (nSPS) is 16.8. The van der Waals surface area contributed by atoms with Gasteiger partial charge < -0.3 is 9.47 Å². The van der Waals surface area contributed by atoms with E-state index in [2.05, 4.69) is 21.7 Å². The van der Waals surface area contributed by atoms with Crippen molar-refractivity contribution >= 4 is 5.91 Å². The van der Waals surface area contributed by atoms with Crippen molar-refractivity contribution in [1.82, 2.24) is 14.5 Å². The molecule has 0 spiro atoms. The fraction of sp³-hybridized carbons (Fsp3) is 0.273. The number of hydrogen-bond acceptors (Lipinski definition) is 2. The Balaban J connectivity index is 1.69. The SMILES string of the molecule is Cc1cc(C(=O)N2CCCC2c2ccccc2)c(C)n1-c1ccccn1. The molecule has 3 heterocycles. The van der Waals surface area contributed by atoms with Gasteiger partial charge in [-0.05, 0) is 50.5 Å². The van der Waals surface area contributed by atoms with Gasteiger partial charge in [-0.25, -0.2) is 4.98 Å². The number of nitrogens with zero attached hydrogens (tertiary/aromatic N) is 3. The molecule has 0 N–H and O–H groups in total. The summed E-state index contributed by atoms with van der Waals surface area (Å²) in [5.41, 5.74) is 3.97. The highest BCUT2D eigenvalue weighted by Crippen LogP contribution is 2.34. The van der Waals surface area contributed by atoms with Crippen LogP contribution in [0.4, 0.5) is 0 Å². The molecule has 1 aromatic carbocycles. The number of aryl methyl sites for hydroxylation is 1. The smallest absolute Gasteiger partial charge is 0.256 e. The highest BCUT2D eigenvalue weighted by atomic mass is 16.2. The Bertz CT molecular complexity index is 915. The highest BCUT2D eigenvalue weighted by molar-refractivity contribution is 5.96. The minimum atomic E-state index is 0.117. The zero-order valence-electron chi connectivity index (χ0n) is 15.2. The zero-order valence-corrected chi connectivity index (χ0v) is 15.2. The van der Waals surface area contributed by atoms with E-state index in [9.17, 15) is 4.79 Å². The van der Waals surface area contributed by atoms with E-state index in [1.54, 1.807) is 6.20 Å². The first-order valence-corrected chi connectivity index (χ1v) is 9.13. The number of carbonyl (C=O) groups excluding carboxylic acids is 1. The number of amides is 1. The Hall–Kier alpha value is -2.88. The topological polar surface area (TPSA) is 38.1 Å². The molecule has 1 fully saturated rings. The summed E-state index contributed by atoms with van der Waals surface area (Å²) in [7, 11) is 0. The van der Waals surface area contributed by atoms with Gasteiger partial charge in [-0.1, -0.05) is 36.4 Å². The summed E-state index contributed by atoms with van der Waals surface area (Å²) in [6, 6.07) is 18.3. The predicted molar refractivity (Wildman–Crippen MR) is 102 cm³/mol. The predicted octanol–water partition coefficient (Wildman–Crippen LogP) is 4.47. The molecule has 0 radical (unpaired) electrons. The summed E-state index contributed by atoms with van der Waals surface area (Å²) >= 11 is 0. The first-order valence-electron chi connectivity index (χ1n) is 9.13. The minimum Gasteiger partial charge on any atom is -0.332 e. The van der Waals surface area contributed by atoms with Crippen molar-refractivity contribution in [3.05, 3.63) is 83.3 Å². The van der Waals surface area contributed by atoms with Crippen LogP contribution in [0, 0.1) is 13.8 Å². The van der Waals surface area contributed by atoms with Gasteiger partial charge >= 0.3 is 0 Å². The first-order chi connectivity index (χ1) is 12.7. The molecule has 26 heavy (non-hydrogen) atoms. The Morgan fingerprint density at radius 1 is 1.08 bits per heavy atom. The van der Waals surface area contributed by atoms with Crippen molar-refractivity contribution in [2.75, 3.05) is 6.54 Å². The molecule has 4 rings (SSSR count).